The predicted molar refractivity (Wildman–Crippen MR) is 168 cm³/mol. The number of hydrogen-bond donors (Lipinski definition) is 0. The second-order valence-electron chi connectivity index (χ2n) is 10.3. The minimum Gasteiger partial charge on any atom is -0.343 e. The lowest BCUT2D eigenvalue weighted by atomic mass is 9.68. The van der Waals surface area contributed by atoms with Crippen LogP contribution in [0.4, 0.5) is 0 Å². The van der Waals surface area contributed by atoms with E-state index < -0.39 is 5.54 Å². The van der Waals surface area contributed by atoms with E-state index in [9.17, 15) is 9.70 Å². The van der Waals surface area contributed by atoms with Crippen molar-refractivity contribution in [2.24, 2.45) is 16.1 Å². The van der Waals surface area contributed by atoms with Gasteiger partial charge in [0.25, 0.3) is 0 Å². The topological polar surface area (TPSA) is 62.1 Å². The quantitative estimate of drug-likeness (QED) is 0.237. The zero-order valence-corrected chi connectivity index (χ0v) is 24.9. The van der Waals surface area contributed by atoms with E-state index in [4.69, 9.17) is 16.6 Å². The number of benzene rings is 1. The number of rotatable bonds is 8. The summed E-state index contributed by atoms with van der Waals surface area (Å²) in [4.78, 5) is 31.8. The van der Waals surface area contributed by atoms with E-state index in [0.29, 0.717) is 43.1 Å². The number of nitrogens with zero attached hydrogens (tertiary/aromatic N) is 3. The Kier molecular flexibility index (Phi) is 11.0. The van der Waals surface area contributed by atoms with Gasteiger partial charge in [-0.25, -0.2) is 0 Å². The minimum absolute atomic E-state index is 0.0462. The third kappa shape index (κ3) is 6.95. The number of amides is 1. The largest absolute Gasteiger partial charge is 0.343 e. The van der Waals surface area contributed by atoms with E-state index >= 15 is 0 Å². The Hall–Kier alpha value is -3.57. The Bertz CT molecular complexity index is 1320. The molecule has 40 heavy (non-hydrogen) atoms. The van der Waals surface area contributed by atoms with Crippen LogP contribution in [0.5, 0.6) is 0 Å². The average Bonchev–Trinajstić information content (AvgIpc) is 2.95. The third-order valence-corrected chi connectivity index (χ3v) is 8.04. The fourth-order valence-corrected chi connectivity index (χ4v) is 5.82. The molecule has 0 spiro atoms. The molecule has 2 aliphatic rings. The molecule has 1 amide bonds. The predicted octanol–water partition coefficient (Wildman–Crippen LogP) is 8.73. The van der Waals surface area contributed by atoms with Crippen molar-refractivity contribution in [3.63, 3.8) is 0 Å². The van der Waals surface area contributed by atoms with Gasteiger partial charge >= 0.3 is 0 Å². The first-order valence-corrected chi connectivity index (χ1v) is 14.2. The number of aliphatic imine (C=N–C) groups is 1. The van der Waals surface area contributed by atoms with E-state index in [1.807, 2.05) is 79.5 Å². The highest BCUT2D eigenvalue weighted by Gasteiger charge is 2.46. The van der Waals surface area contributed by atoms with Crippen LogP contribution in [0.1, 0.15) is 58.9 Å². The van der Waals surface area contributed by atoms with Crippen molar-refractivity contribution >= 4 is 23.2 Å². The van der Waals surface area contributed by atoms with Gasteiger partial charge in [-0.05, 0) is 61.3 Å². The molecule has 0 radical (unpaired) electrons. The second kappa shape index (κ2) is 14.2. The van der Waals surface area contributed by atoms with E-state index in [1.165, 1.54) is 0 Å². The minimum atomic E-state index is -1.16. The van der Waals surface area contributed by atoms with Gasteiger partial charge in [-0.1, -0.05) is 104 Å². The first-order chi connectivity index (χ1) is 19.1. The van der Waals surface area contributed by atoms with Gasteiger partial charge in [0, 0.05) is 42.8 Å². The molecule has 5 nitrogen and oxygen atoms in total. The van der Waals surface area contributed by atoms with E-state index in [0.717, 1.165) is 40.0 Å². The number of piperidine rings is 1. The first kappa shape index (κ1) is 31.0. The zero-order chi connectivity index (χ0) is 29.3. The highest BCUT2D eigenvalue weighted by molar-refractivity contribution is 6.33. The fourth-order valence-electron chi connectivity index (χ4n) is 5.48. The molecule has 0 aromatic heterocycles. The number of carbonyl (C=O) groups is 1. The molecular weight excluding hydrogens is 518 g/mol. The lowest BCUT2D eigenvalue weighted by Crippen LogP contribution is -2.44. The summed E-state index contributed by atoms with van der Waals surface area (Å²) in [6, 6.07) is 9.70. The van der Waals surface area contributed by atoms with Crippen LogP contribution in [0.3, 0.4) is 0 Å². The smallest absolute Gasteiger partial charge is 0.219 e. The Morgan fingerprint density at radius 2 is 1.88 bits per heavy atom. The molecule has 1 fully saturated rings. The van der Waals surface area contributed by atoms with Gasteiger partial charge in [0.15, 0.2) is 5.54 Å². The molecule has 0 bridgehead atoms. The van der Waals surface area contributed by atoms with Gasteiger partial charge in [-0.3, -0.25) is 9.79 Å². The van der Waals surface area contributed by atoms with Gasteiger partial charge in [0.1, 0.15) is 0 Å². The molecule has 1 aromatic carbocycles. The second-order valence-corrected chi connectivity index (χ2v) is 10.8. The summed E-state index contributed by atoms with van der Waals surface area (Å²) in [6.45, 7) is 17.2. The molecule has 0 N–H and O–H groups in total. The third-order valence-electron chi connectivity index (χ3n) is 7.69. The highest BCUT2D eigenvalue weighted by atomic mass is 35.5. The van der Waals surface area contributed by atoms with Gasteiger partial charge in [-0.15, -0.1) is 4.91 Å². The lowest BCUT2D eigenvalue weighted by molar-refractivity contribution is -0.130. The average molecular weight is 558 g/mol. The molecule has 1 aromatic rings. The molecular formula is C34H40ClN3O2. The van der Waals surface area contributed by atoms with Crippen molar-refractivity contribution in [3.8, 4) is 0 Å². The normalized spacial score (nSPS) is 25.0. The summed E-state index contributed by atoms with van der Waals surface area (Å²) in [6.07, 6.45) is 14.5. The Morgan fingerprint density at radius 3 is 2.48 bits per heavy atom. The summed E-state index contributed by atoms with van der Waals surface area (Å²) >= 11 is 6.98. The number of nitroso groups, excluding NO2 is 1. The molecule has 0 aliphatic carbocycles. The van der Waals surface area contributed by atoms with Crippen molar-refractivity contribution < 1.29 is 4.79 Å². The van der Waals surface area contributed by atoms with Crippen molar-refractivity contribution in [3.05, 3.63) is 123 Å². The van der Waals surface area contributed by atoms with Gasteiger partial charge in [0.05, 0.1) is 5.70 Å². The molecule has 1 atom stereocenters. The van der Waals surface area contributed by atoms with Crippen LogP contribution >= 0.6 is 11.6 Å². The van der Waals surface area contributed by atoms with Crippen LogP contribution in [-0.2, 0) is 10.3 Å². The number of likely N-dealkylation sites (tertiary alicyclic amines) is 1. The maximum atomic E-state index is 13.1. The van der Waals surface area contributed by atoms with Crippen LogP contribution in [0, 0.1) is 10.8 Å². The maximum absolute atomic E-state index is 13.1. The SMILES string of the molecule is C=C1/N=C(C)\C(C(=C)/C=C\C=C/CC)=C(\Cl)C/C=C(C(N=O)(c2ccccc2)C2CCN(C(C)=O)CC2)\C=C/1C. The number of halogens is 1. The van der Waals surface area contributed by atoms with Gasteiger partial charge in [0.2, 0.25) is 5.91 Å². The summed E-state index contributed by atoms with van der Waals surface area (Å²) in [5.74, 6) is -0.0601. The zero-order valence-electron chi connectivity index (χ0n) is 24.1. The van der Waals surface area contributed by atoms with E-state index in [2.05, 4.69) is 31.3 Å². The number of carbonyl (C=O) groups excluding carboxylic acids is 1. The van der Waals surface area contributed by atoms with Crippen LogP contribution < -0.4 is 0 Å². The lowest BCUT2D eigenvalue weighted by Gasteiger charge is -2.41. The van der Waals surface area contributed by atoms with E-state index in [1.54, 1.807) is 6.92 Å². The van der Waals surface area contributed by atoms with Crippen LogP contribution in [-0.4, -0.2) is 29.6 Å². The van der Waals surface area contributed by atoms with Crippen molar-refractivity contribution in [2.75, 3.05) is 13.1 Å². The first-order valence-electron chi connectivity index (χ1n) is 13.9. The Balaban J connectivity index is 2.18. The molecule has 1 unspecified atom stereocenters. The molecule has 3 rings (SSSR count). The summed E-state index contributed by atoms with van der Waals surface area (Å²) in [5, 5.41) is 4.49. The summed E-state index contributed by atoms with van der Waals surface area (Å²) in [5.41, 5.74) is 4.06. The van der Waals surface area contributed by atoms with Crippen molar-refractivity contribution in [2.45, 2.75) is 58.9 Å². The maximum Gasteiger partial charge on any atom is 0.219 e. The van der Waals surface area contributed by atoms with Crippen molar-refractivity contribution in [1.29, 1.82) is 0 Å². The fraction of sp³-hybridized carbons (Fsp3) is 0.353. The van der Waals surface area contributed by atoms with E-state index in [-0.39, 0.29) is 11.8 Å². The Labute approximate surface area is 244 Å². The van der Waals surface area contributed by atoms with Gasteiger partial charge in [-0.2, -0.15) is 0 Å². The summed E-state index contributed by atoms with van der Waals surface area (Å²) in [7, 11) is 0. The van der Waals surface area contributed by atoms with Crippen LogP contribution in [0.2, 0.25) is 0 Å². The monoisotopic (exact) mass is 557 g/mol. The number of hydrogen-bond acceptors (Lipinski definition) is 4. The molecule has 2 heterocycles. The molecule has 6 heteroatoms. The molecule has 210 valence electrons. The number of allylic oxidation sites excluding steroid dienone is 9. The molecule has 2 aliphatic heterocycles. The molecule has 0 saturated carbocycles. The standard InChI is InChI=1S/C34H40ClN3O2/c1-7-8-9-11-14-24(2)33-27(5)36-26(4)25(3)23-31(17-18-32(33)35)34(37-40,29-15-12-10-13-16-29)30-19-21-38(22-20-30)28(6)39/h8-17,23,30H,2,4,7,18-22H2,1,3,5-6H3/b9-8-,14-11-,25-23-,31-17+,33-32+,36-27-. The van der Waals surface area contributed by atoms with Crippen molar-refractivity contribution in [1.82, 2.24) is 4.90 Å². The van der Waals surface area contributed by atoms with Gasteiger partial charge < -0.3 is 4.90 Å². The summed E-state index contributed by atoms with van der Waals surface area (Å²) < 4.78 is 0. The highest BCUT2D eigenvalue weighted by Crippen LogP contribution is 2.47. The Morgan fingerprint density at radius 1 is 1.20 bits per heavy atom. The molecule has 1 saturated heterocycles. The van der Waals surface area contributed by atoms with Crippen LogP contribution in [0.25, 0.3) is 0 Å². The van der Waals surface area contributed by atoms with Crippen LogP contribution in [0.15, 0.2) is 123 Å².